The summed E-state index contributed by atoms with van der Waals surface area (Å²) in [5.74, 6) is 0.315. The van der Waals surface area contributed by atoms with Crippen LogP contribution in [0.2, 0.25) is 0 Å². The van der Waals surface area contributed by atoms with Gasteiger partial charge in [-0.3, -0.25) is 14.6 Å². The zero-order valence-electron chi connectivity index (χ0n) is 13.9. The minimum absolute atomic E-state index is 0.0745. The van der Waals surface area contributed by atoms with E-state index < -0.39 is 6.61 Å². The standard InChI is InChI=1S/C18H20N4O3/c23-11-14(24)22-8-5-18(6-9-22)4-3-13-15(18)20-16(21-17(13)25)12-2-1-7-19-10-12/h1-2,7,10,23H,3-6,8-9,11H2,(H,20,21,25). The molecule has 0 aromatic carbocycles. The maximum Gasteiger partial charge on any atom is 0.254 e. The largest absolute Gasteiger partial charge is 0.387 e. The lowest BCUT2D eigenvalue weighted by Gasteiger charge is -2.39. The van der Waals surface area contributed by atoms with E-state index in [1.807, 2.05) is 12.1 Å². The molecule has 0 radical (unpaired) electrons. The molecule has 4 rings (SSSR count). The number of pyridine rings is 1. The van der Waals surface area contributed by atoms with Crippen LogP contribution in [0.5, 0.6) is 0 Å². The van der Waals surface area contributed by atoms with Crippen LogP contribution in [0.3, 0.4) is 0 Å². The molecule has 1 spiro atoms. The molecule has 3 heterocycles. The summed E-state index contributed by atoms with van der Waals surface area (Å²) >= 11 is 0. The van der Waals surface area contributed by atoms with Gasteiger partial charge in [-0.1, -0.05) is 0 Å². The van der Waals surface area contributed by atoms with Crippen LogP contribution < -0.4 is 5.56 Å². The highest BCUT2D eigenvalue weighted by atomic mass is 16.3. The van der Waals surface area contributed by atoms with Gasteiger partial charge in [0.15, 0.2) is 0 Å². The SMILES string of the molecule is O=C(CO)N1CCC2(CCc3c2nc(-c2cccnc2)[nH]c3=O)CC1. The van der Waals surface area contributed by atoms with E-state index in [4.69, 9.17) is 10.1 Å². The van der Waals surface area contributed by atoms with E-state index in [1.165, 1.54) is 0 Å². The number of fused-ring (bicyclic) bond motifs is 2. The number of carbonyl (C=O) groups is 1. The van der Waals surface area contributed by atoms with Crippen molar-refractivity contribution in [3.63, 3.8) is 0 Å². The first-order valence-corrected chi connectivity index (χ1v) is 8.56. The van der Waals surface area contributed by atoms with E-state index in [2.05, 4.69) is 9.97 Å². The Morgan fingerprint density at radius 1 is 1.32 bits per heavy atom. The average Bonchev–Trinajstić information content (AvgIpc) is 3.01. The normalized spacial score (nSPS) is 18.4. The molecule has 2 aliphatic rings. The molecule has 25 heavy (non-hydrogen) atoms. The van der Waals surface area contributed by atoms with Gasteiger partial charge in [-0.25, -0.2) is 4.98 Å². The molecular formula is C18H20N4O3. The number of hydrogen-bond donors (Lipinski definition) is 2. The molecule has 2 aromatic rings. The lowest BCUT2D eigenvalue weighted by molar-refractivity contribution is -0.135. The van der Waals surface area contributed by atoms with Gasteiger partial charge >= 0.3 is 0 Å². The Kier molecular flexibility index (Phi) is 3.88. The predicted molar refractivity (Wildman–Crippen MR) is 91.0 cm³/mol. The smallest absolute Gasteiger partial charge is 0.254 e. The van der Waals surface area contributed by atoms with Gasteiger partial charge in [0.1, 0.15) is 12.4 Å². The van der Waals surface area contributed by atoms with Crippen molar-refractivity contribution in [2.24, 2.45) is 0 Å². The van der Waals surface area contributed by atoms with Gasteiger partial charge in [-0.2, -0.15) is 0 Å². The molecule has 0 atom stereocenters. The van der Waals surface area contributed by atoms with Gasteiger partial charge in [-0.05, 0) is 37.8 Å². The lowest BCUT2D eigenvalue weighted by Crippen LogP contribution is -2.45. The summed E-state index contributed by atoms with van der Waals surface area (Å²) in [4.78, 5) is 37.7. The first-order chi connectivity index (χ1) is 12.1. The summed E-state index contributed by atoms with van der Waals surface area (Å²) in [6.07, 6.45) is 6.53. The van der Waals surface area contributed by atoms with Gasteiger partial charge in [-0.15, -0.1) is 0 Å². The number of aliphatic hydroxyl groups excluding tert-OH is 1. The molecule has 0 saturated carbocycles. The number of likely N-dealkylation sites (tertiary alicyclic amines) is 1. The van der Waals surface area contributed by atoms with Gasteiger partial charge in [0.05, 0.1) is 5.69 Å². The summed E-state index contributed by atoms with van der Waals surface area (Å²) in [7, 11) is 0. The third-order valence-electron chi connectivity index (χ3n) is 5.51. The van der Waals surface area contributed by atoms with Gasteiger partial charge in [0.25, 0.3) is 5.56 Å². The number of amides is 1. The second kappa shape index (κ2) is 6.07. The van der Waals surface area contributed by atoms with Crippen molar-refractivity contribution >= 4 is 5.91 Å². The molecule has 0 bridgehead atoms. The van der Waals surface area contributed by atoms with E-state index in [-0.39, 0.29) is 16.9 Å². The molecule has 1 fully saturated rings. The number of hydrogen-bond acceptors (Lipinski definition) is 5. The van der Waals surface area contributed by atoms with Crippen LogP contribution in [0.1, 0.15) is 30.5 Å². The number of aliphatic hydroxyl groups is 1. The first-order valence-electron chi connectivity index (χ1n) is 8.56. The van der Waals surface area contributed by atoms with Crippen molar-refractivity contribution in [3.8, 4) is 11.4 Å². The second-order valence-corrected chi connectivity index (χ2v) is 6.80. The summed E-state index contributed by atoms with van der Waals surface area (Å²) in [5, 5.41) is 9.05. The van der Waals surface area contributed by atoms with Crippen LogP contribution in [0.15, 0.2) is 29.3 Å². The molecule has 2 aromatic heterocycles. The lowest BCUT2D eigenvalue weighted by atomic mass is 9.76. The van der Waals surface area contributed by atoms with Crippen LogP contribution in [-0.4, -0.2) is 50.6 Å². The molecule has 1 aliphatic carbocycles. The van der Waals surface area contributed by atoms with E-state index in [1.54, 1.807) is 17.3 Å². The first kappa shape index (κ1) is 16.0. The number of nitrogens with one attached hydrogen (secondary N) is 1. The quantitative estimate of drug-likeness (QED) is 0.835. The second-order valence-electron chi connectivity index (χ2n) is 6.80. The molecule has 7 heteroatoms. The van der Waals surface area contributed by atoms with Crippen molar-refractivity contribution in [1.82, 2.24) is 19.9 Å². The Balaban J connectivity index is 1.70. The maximum absolute atomic E-state index is 12.5. The molecule has 7 nitrogen and oxygen atoms in total. The number of rotatable bonds is 2. The summed E-state index contributed by atoms with van der Waals surface area (Å²) in [5.41, 5.74) is 2.22. The Bertz CT molecular complexity index is 854. The van der Waals surface area contributed by atoms with Crippen LogP contribution in [0.4, 0.5) is 0 Å². The highest BCUT2D eigenvalue weighted by molar-refractivity contribution is 5.77. The zero-order valence-corrected chi connectivity index (χ0v) is 13.9. The summed E-state index contributed by atoms with van der Waals surface area (Å²) in [6, 6.07) is 3.69. The third kappa shape index (κ3) is 2.64. The fourth-order valence-electron chi connectivity index (χ4n) is 4.06. The number of carbonyl (C=O) groups excluding carboxylic acids is 1. The van der Waals surface area contributed by atoms with Crippen molar-refractivity contribution in [3.05, 3.63) is 46.1 Å². The van der Waals surface area contributed by atoms with Crippen LogP contribution in [-0.2, 0) is 16.6 Å². The highest BCUT2D eigenvalue weighted by Crippen LogP contribution is 2.44. The minimum atomic E-state index is -0.452. The number of nitrogens with zero attached hydrogens (tertiary/aromatic N) is 3. The molecule has 2 N–H and O–H groups in total. The number of aromatic nitrogens is 3. The Morgan fingerprint density at radius 3 is 2.80 bits per heavy atom. The monoisotopic (exact) mass is 340 g/mol. The summed E-state index contributed by atoms with van der Waals surface area (Å²) < 4.78 is 0. The van der Waals surface area contributed by atoms with E-state index in [9.17, 15) is 9.59 Å². The Hall–Kier alpha value is -2.54. The third-order valence-corrected chi connectivity index (χ3v) is 5.51. The molecule has 1 aliphatic heterocycles. The van der Waals surface area contributed by atoms with Gasteiger partial charge < -0.3 is 15.0 Å². The predicted octanol–water partition coefficient (Wildman–Crippen LogP) is 0.631. The Labute approximate surface area is 144 Å². The molecular weight excluding hydrogens is 320 g/mol. The van der Waals surface area contributed by atoms with E-state index in [0.717, 1.165) is 42.5 Å². The van der Waals surface area contributed by atoms with E-state index in [0.29, 0.717) is 18.9 Å². The highest BCUT2D eigenvalue weighted by Gasteiger charge is 2.44. The minimum Gasteiger partial charge on any atom is -0.387 e. The summed E-state index contributed by atoms with van der Waals surface area (Å²) in [6.45, 7) is 0.734. The number of piperidine rings is 1. The van der Waals surface area contributed by atoms with Crippen molar-refractivity contribution in [2.75, 3.05) is 19.7 Å². The van der Waals surface area contributed by atoms with Gasteiger partial charge in [0.2, 0.25) is 5.91 Å². The van der Waals surface area contributed by atoms with Crippen LogP contribution in [0.25, 0.3) is 11.4 Å². The molecule has 0 unspecified atom stereocenters. The van der Waals surface area contributed by atoms with Gasteiger partial charge in [0, 0.05) is 42.0 Å². The molecule has 1 saturated heterocycles. The maximum atomic E-state index is 12.5. The zero-order chi connectivity index (χ0) is 17.4. The fraction of sp³-hybridized carbons (Fsp3) is 0.444. The molecule has 130 valence electrons. The van der Waals surface area contributed by atoms with Crippen molar-refractivity contribution in [2.45, 2.75) is 31.1 Å². The Morgan fingerprint density at radius 2 is 2.12 bits per heavy atom. The van der Waals surface area contributed by atoms with Crippen molar-refractivity contribution < 1.29 is 9.90 Å². The number of aromatic amines is 1. The van der Waals surface area contributed by atoms with Crippen LogP contribution in [0, 0.1) is 0 Å². The average molecular weight is 340 g/mol. The number of H-pyrrole nitrogens is 1. The molecule has 1 amide bonds. The van der Waals surface area contributed by atoms with Crippen molar-refractivity contribution in [1.29, 1.82) is 0 Å². The van der Waals surface area contributed by atoms with Crippen LogP contribution >= 0.6 is 0 Å². The fourth-order valence-corrected chi connectivity index (χ4v) is 4.06. The van der Waals surface area contributed by atoms with E-state index >= 15 is 0 Å². The topological polar surface area (TPSA) is 99.2 Å².